The SMILES string of the molecule is CCCN(CC(=O)Nc1cccnc1Cl)C1CCCNC1. The average molecular weight is 311 g/mol. The summed E-state index contributed by atoms with van der Waals surface area (Å²) in [5.74, 6) is -0.0380. The molecule has 5 nitrogen and oxygen atoms in total. The van der Waals surface area contributed by atoms with Gasteiger partial charge >= 0.3 is 0 Å². The van der Waals surface area contributed by atoms with E-state index < -0.39 is 0 Å². The third kappa shape index (κ3) is 4.95. The van der Waals surface area contributed by atoms with Crippen LogP contribution in [0.3, 0.4) is 0 Å². The summed E-state index contributed by atoms with van der Waals surface area (Å²) >= 11 is 5.97. The predicted octanol–water partition coefficient (Wildman–Crippen LogP) is 2.14. The molecule has 1 unspecified atom stereocenters. The lowest BCUT2D eigenvalue weighted by Crippen LogP contribution is -2.48. The number of hydrogen-bond acceptors (Lipinski definition) is 4. The second-order valence-electron chi connectivity index (χ2n) is 5.36. The van der Waals surface area contributed by atoms with E-state index in [0.29, 0.717) is 23.4 Å². The highest BCUT2D eigenvalue weighted by molar-refractivity contribution is 6.32. The Labute approximate surface area is 131 Å². The zero-order valence-corrected chi connectivity index (χ0v) is 13.2. The van der Waals surface area contributed by atoms with Gasteiger partial charge < -0.3 is 10.6 Å². The summed E-state index contributed by atoms with van der Waals surface area (Å²) in [7, 11) is 0. The van der Waals surface area contributed by atoms with Crippen molar-refractivity contribution in [3.05, 3.63) is 23.5 Å². The molecule has 2 heterocycles. The van der Waals surface area contributed by atoms with E-state index in [9.17, 15) is 4.79 Å². The lowest BCUT2D eigenvalue weighted by molar-refractivity contribution is -0.118. The molecule has 0 saturated carbocycles. The monoisotopic (exact) mass is 310 g/mol. The topological polar surface area (TPSA) is 57.3 Å². The van der Waals surface area contributed by atoms with Crippen LogP contribution in [0.4, 0.5) is 5.69 Å². The van der Waals surface area contributed by atoms with Crippen LogP contribution >= 0.6 is 11.6 Å². The van der Waals surface area contributed by atoms with Crippen molar-refractivity contribution in [2.75, 3.05) is 31.5 Å². The first kappa shape index (κ1) is 16.2. The van der Waals surface area contributed by atoms with E-state index in [1.54, 1.807) is 18.3 Å². The largest absolute Gasteiger partial charge is 0.322 e. The van der Waals surface area contributed by atoms with Gasteiger partial charge in [-0.15, -0.1) is 0 Å². The highest BCUT2D eigenvalue weighted by Gasteiger charge is 2.22. The second kappa shape index (κ2) is 8.32. The van der Waals surface area contributed by atoms with Crippen molar-refractivity contribution >= 4 is 23.2 Å². The highest BCUT2D eigenvalue weighted by atomic mass is 35.5. The molecule has 21 heavy (non-hydrogen) atoms. The van der Waals surface area contributed by atoms with Crippen LogP contribution in [0.2, 0.25) is 5.15 Å². The summed E-state index contributed by atoms with van der Waals surface area (Å²) in [6, 6.07) is 3.96. The number of piperidine rings is 1. The van der Waals surface area contributed by atoms with Gasteiger partial charge in [-0.3, -0.25) is 9.69 Å². The number of carbonyl (C=O) groups excluding carboxylic acids is 1. The number of pyridine rings is 1. The minimum absolute atomic E-state index is 0.0380. The Balaban J connectivity index is 1.93. The lowest BCUT2D eigenvalue weighted by atomic mass is 10.1. The van der Waals surface area contributed by atoms with Crippen LogP contribution in [-0.4, -0.2) is 48.0 Å². The molecule has 1 aromatic rings. The Hall–Kier alpha value is -1.17. The van der Waals surface area contributed by atoms with Crippen molar-refractivity contribution in [1.29, 1.82) is 0 Å². The summed E-state index contributed by atoms with van der Waals surface area (Å²) in [4.78, 5) is 18.5. The van der Waals surface area contributed by atoms with Crippen LogP contribution in [0.1, 0.15) is 26.2 Å². The molecule has 1 aromatic heterocycles. The molecule has 116 valence electrons. The second-order valence-corrected chi connectivity index (χ2v) is 5.72. The highest BCUT2D eigenvalue weighted by Crippen LogP contribution is 2.18. The van der Waals surface area contributed by atoms with Gasteiger partial charge in [0.15, 0.2) is 5.15 Å². The first-order valence-corrected chi connectivity index (χ1v) is 7.93. The van der Waals surface area contributed by atoms with Crippen LogP contribution in [0.15, 0.2) is 18.3 Å². The molecule has 0 aromatic carbocycles. The molecule has 6 heteroatoms. The number of nitrogens with zero attached hydrogens (tertiary/aromatic N) is 2. The first-order chi connectivity index (χ1) is 10.2. The van der Waals surface area contributed by atoms with Crippen molar-refractivity contribution in [1.82, 2.24) is 15.2 Å². The van der Waals surface area contributed by atoms with Crippen LogP contribution in [-0.2, 0) is 4.79 Å². The number of aromatic nitrogens is 1. The third-order valence-corrected chi connectivity index (χ3v) is 3.98. The minimum atomic E-state index is -0.0380. The number of halogens is 1. The molecule has 1 aliphatic rings. The number of nitrogens with one attached hydrogen (secondary N) is 2. The summed E-state index contributed by atoms with van der Waals surface area (Å²) in [6.07, 6.45) is 4.96. The van der Waals surface area contributed by atoms with E-state index in [0.717, 1.165) is 32.5 Å². The Morgan fingerprint density at radius 3 is 3.14 bits per heavy atom. The van der Waals surface area contributed by atoms with Crippen molar-refractivity contribution in [2.45, 2.75) is 32.2 Å². The first-order valence-electron chi connectivity index (χ1n) is 7.56. The van der Waals surface area contributed by atoms with Crippen LogP contribution < -0.4 is 10.6 Å². The van der Waals surface area contributed by atoms with E-state index in [1.807, 2.05) is 0 Å². The quantitative estimate of drug-likeness (QED) is 0.790. The maximum atomic E-state index is 12.2. The van der Waals surface area contributed by atoms with Crippen molar-refractivity contribution in [2.24, 2.45) is 0 Å². The Bertz CT molecular complexity index is 463. The molecule has 2 rings (SSSR count). The molecule has 1 atom stereocenters. The molecule has 1 saturated heterocycles. The molecular weight excluding hydrogens is 288 g/mol. The lowest BCUT2D eigenvalue weighted by Gasteiger charge is -2.34. The zero-order valence-electron chi connectivity index (χ0n) is 12.4. The normalized spacial score (nSPS) is 18.7. The van der Waals surface area contributed by atoms with Gasteiger partial charge in [-0.1, -0.05) is 18.5 Å². The smallest absolute Gasteiger partial charge is 0.238 e. The van der Waals surface area contributed by atoms with Gasteiger partial charge in [0, 0.05) is 18.8 Å². The van der Waals surface area contributed by atoms with E-state index in [1.165, 1.54) is 6.42 Å². The zero-order chi connectivity index (χ0) is 15.1. The molecule has 0 aliphatic carbocycles. The summed E-state index contributed by atoms with van der Waals surface area (Å²) in [5, 5.41) is 6.57. The average Bonchev–Trinajstić information content (AvgIpc) is 2.50. The molecule has 0 spiro atoms. The third-order valence-electron chi connectivity index (χ3n) is 3.68. The van der Waals surface area contributed by atoms with E-state index in [2.05, 4.69) is 27.4 Å². The van der Waals surface area contributed by atoms with Crippen molar-refractivity contribution < 1.29 is 4.79 Å². The number of amides is 1. The van der Waals surface area contributed by atoms with Crippen LogP contribution in [0.5, 0.6) is 0 Å². The fourth-order valence-electron chi connectivity index (χ4n) is 2.68. The van der Waals surface area contributed by atoms with Crippen molar-refractivity contribution in [3.8, 4) is 0 Å². The van der Waals surface area contributed by atoms with Gasteiger partial charge in [0.1, 0.15) is 0 Å². The Morgan fingerprint density at radius 1 is 1.62 bits per heavy atom. The van der Waals surface area contributed by atoms with E-state index >= 15 is 0 Å². The van der Waals surface area contributed by atoms with Crippen LogP contribution in [0, 0.1) is 0 Å². The number of rotatable bonds is 6. The molecule has 1 fully saturated rings. The number of carbonyl (C=O) groups is 1. The van der Waals surface area contributed by atoms with E-state index in [-0.39, 0.29) is 5.91 Å². The minimum Gasteiger partial charge on any atom is -0.322 e. The fraction of sp³-hybridized carbons (Fsp3) is 0.600. The maximum Gasteiger partial charge on any atom is 0.238 e. The van der Waals surface area contributed by atoms with Crippen molar-refractivity contribution in [3.63, 3.8) is 0 Å². The van der Waals surface area contributed by atoms with Crippen LogP contribution in [0.25, 0.3) is 0 Å². The fourth-order valence-corrected chi connectivity index (χ4v) is 2.84. The standard InChI is InChI=1S/C15H23ClN4O/c1-2-9-20(12-5-3-7-17-10-12)11-14(21)19-13-6-4-8-18-15(13)16/h4,6,8,12,17H,2-3,5,7,9-11H2,1H3,(H,19,21). The van der Waals surface area contributed by atoms with Gasteiger partial charge in [-0.2, -0.15) is 0 Å². The molecule has 2 N–H and O–H groups in total. The number of anilines is 1. The molecule has 1 aliphatic heterocycles. The van der Waals surface area contributed by atoms with Gasteiger partial charge in [0.2, 0.25) is 5.91 Å². The van der Waals surface area contributed by atoms with E-state index in [4.69, 9.17) is 11.6 Å². The molecule has 1 amide bonds. The number of hydrogen-bond donors (Lipinski definition) is 2. The maximum absolute atomic E-state index is 12.2. The Morgan fingerprint density at radius 2 is 2.48 bits per heavy atom. The molecule has 0 radical (unpaired) electrons. The summed E-state index contributed by atoms with van der Waals surface area (Å²) in [5.41, 5.74) is 0.572. The predicted molar refractivity (Wildman–Crippen MR) is 85.6 cm³/mol. The van der Waals surface area contributed by atoms with Gasteiger partial charge in [0.05, 0.1) is 12.2 Å². The van der Waals surface area contributed by atoms with Gasteiger partial charge in [-0.05, 0) is 44.5 Å². The Kier molecular flexibility index (Phi) is 6.42. The van der Waals surface area contributed by atoms with Gasteiger partial charge in [-0.25, -0.2) is 4.98 Å². The summed E-state index contributed by atoms with van der Waals surface area (Å²) in [6.45, 7) is 5.50. The molecular formula is C15H23ClN4O. The van der Waals surface area contributed by atoms with Gasteiger partial charge in [0.25, 0.3) is 0 Å². The summed E-state index contributed by atoms with van der Waals surface area (Å²) < 4.78 is 0. The molecule has 0 bridgehead atoms.